The number of likely N-dealkylation sites (N-methyl/N-ethyl adjacent to an activating group) is 1. The number of fused-ring (bicyclic) bond motifs is 1. The van der Waals surface area contributed by atoms with Gasteiger partial charge in [0.15, 0.2) is 17.2 Å². The molecule has 4 rings (SSSR count). The lowest BCUT2D eigenvalue weighted by Crippen LogP contribution is -2.43. The Labute approximate surface area is 140 Å². The van der Waals surface area contributed by atoms with Crippen LogP contribution in [0.25, 0.3) is 22.6 Å². The SMILES string of the molecule is CN1CCN(Cc2cnc(-c3oc4cnccc4c3N)nc2)CC1. The molecular formula is C17H20N6O. The van der Waals surface area contributed by atoms with E-state index in [1.807, 2.05) is 18.5 Å². The molecule has 0 amide bonds. The second kappa shape index (κ2) is 6.18. The summed E-state index contributed by atoms with van der Waals surface area (Å²) in [5.74, 6) is 1.01. The van der Waals surface area contributed by atoms with Crippen molar-refractivity contribution >= 4 is 16.7 Å². The Morgan fingerprint density at radius 1 is 1.12 bits per heavy atom. The maximum absolute atomic E-state index is 6.16. The van der Waals surface area contributed by atoms with Crippen molar-refractivity contribution in [3.05, 3.63) is 36.4 Å². The molecule has 1 saturated heterocycles. The molecule has 2 N–H and O–H groups in total. The Balaban J connectivity index is 1.53. The van der Waals surface area contributed by atoms with E-state index in [2.05, 4.69) is 31.8 Å². The zero-order valence-corrected chi connectivity index (χ0v) is 13.6. The van der Waals surface area contributed by atoms with Gasteiger partial charge in [-0.3, -0.25) is 9.88 Å². The lowest BCUT2D eigenvalue weighted by atomic mass is 10.2. The smallest absolute Gasteiger partial charge is 0.197 e. The van der Waals surface area contributed by atoms with Crippen LogP contribution in [-0.2, 0) is 6.54 Å². The Kier molecular flexibility index (Phi) is 3.87. The lowest BCUT2D eigenvalue weighted by molar-refractivity contribution is 0.148. The fourth-order valence-electron chi connectivity index (χ4n) is 2.96. The van der Waals surface area contributed by atoms with Crippen LogP contribution in [-0.4, -0.2) is 58.0 Å². The molecule has 0 atom stereocenters. The van der Waals surface area contributed by atoms with Gasteiger partial charge in [0.2, 0.25) is 0 Å². The van der Waals surface area contributed by atoms with Gasteiger partial charge in [0.1, 0.15) is 0 Å². The topological polar surface area (TPSA) is 84.3 Å². The minimum atomic E-state index is 0.504. The van der Waals surface area contributed by atoms with Gasteiger partial charge in [-0.1, -0.05) is 0 Å². The van der Waals surface area contributed by atoms with Crippen LogP contribution in [0.2, 0.25) is 0 Å². The number of nitrogens with two attached hydrogens (primary N) is 1. The number of nitrogen functional groups attached to an aromatic ring is 1. The normalized spacial score (nSPS) is 16.7. The molecule has 0 saturated carbocycles. The highest BCUT2D eigenvalue weighted by Gasteiger charge is 2.17. The van der Waals surface area contributed by atoms with Crippen molar-refractivity contribution in [3.8, 4) is 11.6 Å². The van der Waals surface area contributed by atoms with Gasteiger partial charge in [-0.05, 0) is 13.1 Å². The van der Waals surface area contributed by atoms with Crippen LogP contribution >= 0.6 is 0 Å². The summed E-state index contributed by atoms with van der Waals surface area (Å²) in [6, 6.07) is 1.83. The minimum absolute atomic E-state index is 0.504. The number of rotatable bonds is 3. The van der Waals surface area contributed by atoms with E-state index in [4.69, 9.17) is 10.2 Å². The van der Waals surface area contributed by atoms with Crippen molar-refractivity contribution in [2.24, 2.45) is 0 Å². The van der Waals surface area contributed by atoms with E-state index in [0.717, 1.165) is 43.7 Å². The lowest BCUT2D eigenvalue weighted by Gasteiger charge is -2.32. The van der Waals surface area contributed by atoms with Crippen LogP contribution in [0.3, 0.4) is 0 Å². The highest BCUT2D eigenvalue weighted by Crippen LogP contribution is 2.33. The summed E-state index contributed by atoms with van der Waals surface area (Å²) >= 11 is 0. The fraction of sp³-hybridized carbons (Fsp3) is 0.353. The summed E-state index contributed by atoms with van der Waals surface area (Å²) in [7, 11) is 2.16. The Morgan fingerprint density at radius 3 is 2.58 bits per heavy atom. The molecule has 3 aromatic heterocycles. The monoisotopic (exact) mass is 324 g/mol. The van der Waals surface area contributed by atoms with Crippen LogP contribution in [0.4, 0.5) is 5.69 Å². The third kappa shape index (κ3) is 2.83. The van der Waals surface area contributed by atoms with Crippen LogP contribution < -0.4 is 5.73 Å². The molecule has 1 aliphatic heterocycles. The van der Waals surface area contributed by atoms with E-state index >= 15 is 0 Å². The average molecular weight is 324 g/mol. The second-order valence-corrected chi connectivity index (χ2v) is 6.21. The zero-order valence-electron chi connectivity index (χ0n) is 13.6. The number of pyridine rings is 1. The van der Waals surface area contributed by atoms with E-state index in [9.17, 15) is 0 Å². The van der Waals surface area contributed by atoms with Gasteiger partial charge in [-0.25, -0.2) is 9.97 Å². The number of nitrogens with zero attached hydrogens (tertiary/aromatic N) is 5. The van der Waals surface area contributed by atoms with E-state index < -0.39 is 0 Å². The van der Waals surface area contributed by atoms with Crippen LogP contribution in [0, 0.1) is 0 Å². The first-order valence-corrected chi connectivity index (χ1v) is 8.05. The van der Waals surface area contributed by atoms with Crippen molar-refractivity contribution < 1.29 is 4.42 Å². The summed E-state index contributed by atoms with van der Waals surface area (Å²) in [6.07, 6.45) is 7.05. The molecule has 124 valence electrons. The predicted molar refractivity (Wildman–Crippen MR) is 92.2 cm³/mol. The number of hydrogen-bond donors (Lipinski definition) is 1. The van der Waals surface area contributed by atoms with Gasteiger partial charge in [0.05, 0.1) is 11.9 Å². The summed E-state index contributed by atoms with van der Waals surface area (Å²) in [6.45, 7) is 5.21. The maximum atomic E-state index is 6.16. The number of piperazine rings is 1. The summed E-state index contributed by atoms with van der Waals surface area (Å²) < 4.78 is 5.76. The van der Waals surface area contributed by atoms with Gasteiger partial charge in [0.25, 0.3) is 0 Å². The zero-order chi connectivity index (χ0) is 16.5. The van der Waals surface area contributed by atoms with Crippen molar-refractivity contribution in [2.75, 3.05) is 39.0 Å². The minimum Gasteiger partial charge on any atom is -0.449 e. The molecule has 4 heterocycles. The number of hydrogen-bond acceptors (Lipinski definition) is 7. The number of furan rings is 1. The van der Waals surface area contributed by atoms with Crippen LogP contribution in [0.15, 0.2) is 35.3 Å². The average Bonchev–Trinajstić information content (AvgIpc) is 2.95. The third-order valence-electron chi connectivity index (χ3n) is 4.44. The van der Waals surface area contributed by atoms with Crippen molar-refractivity contribution in [1.82, 2.24) is 24.8 Å². The highest BCUT2D eigenvalue weighted by atomic mass is 16.3. The number of aromatic nitrogens is 3. The standard InChI is InChI=1S/C17H20N6O/c1-22-4-6-23(7-5-22)11-12-8-20-17(21-9-12)16-15(18)13-2-3-19-10-14(13)24-16/h2-3,8-10H,4-7,11,18H2,1H3. The van der Waals surface area contributed by atoms with E-state index in [1.165, 1.54) is 0 Å². The van der Waals surface area contributed by atoms with E-state index in [0.29, 0.717) is 22.9 Å². The molecule has 0 unspecified atom stereocenters. The van der Waals surface area contributed by atoms with E-state index in [1.54, 1.807) is 12.4 Å². The molecule has 24 heavy (non-hydrogen) atoms. The Bertz CT molecular complexity index is 836. The van der Waals surface area contributed by atoms with Crippen molar-refractivity contribution in [2.45, 2.75) is 6.54 Å². The summed E-state index contributed by atoms with van der Waals surface area (Å²) in [4.78, 5) is 17.7. The highest BCUT2D eigenvalue weighted by molar-refractivity contribution is 5.95. The van der Waals surface area contributed by atoms with Gasteiger partial charge >= 0.3 is 0 Å². The maximum Gasteiger partial charge on any atom is 0.197 e. The first-order valence-electron chi connectivity index (χ1n) is 8.05. The van der Waals surface area contributed by atoms with Crippen molar-refractivity contribution in [3.63, 3.8) is 0 Å². The molecule has 0 aromatic carbocycles. The molecule has 0 aliphatic carbocycles. The molecule has 1 aliphatic rings. The van der Waals surface area contributed by atoms with Crippen LogP contribution in [0.1, 0.15) is 5.56 Å². The molecule has 1 fully saturated rings. The first-order chi connectivity index (χ1) is 11.7. The van der Waals surface area contributed by atoms with Gasteiger partial charge in [-0.2, -0.15) is 0 Å². The number of anilines is 1. The molecule has 7 heteroatoms. The van der Waals surface area contributed by atoms with Gasteiger partial charge in [0, 0.05) is 62.3 Å². The third-order valence-corrected chi connectivity index (χ3v) is 4.44. The van der Waals surface area contributed by atoms with Gasteiger partial charge < -0.3 is 15.1 Å². The fourth-order valence-corrected chi connectivity index (χ4v) is 2.96. The predicted octanol–water partition coefficient (Wildman–Crippen LogP) is 1.61. The van der Waals surface area contributed by atoms with Gasteiger partial charge in [-0.15, -0.1) is 0 Å². The first kappa shape index (κ1) is 15.0. The summed E-state index contributed by atoms with van der Waals surface area (Å²) in [5.41, 5.74) is 8.46. The summed E-state index contributed by atoms with van der Waals surface area (Å²) in [5, 5.41) is 0.838. The largest absolute Gasteiger partial charge is 0.449 e. The quantitative estimate of drug-likeness (QED) is 0.783. The molecule has 0 radical (unpaired) electrons. The van der Waals surface area contributed by atoms with E-state index in [-0.39, 0.29) is 0 Å². The van der Waals surface area contributed by atoms with Crippen molar-refractivity contribution in [1.29, 1.82) is 0 Å². The molecule has 3 aromatic rings. The Morgan fingerprint density at radius 2 is 1.88 bits per heavy atom. The molecule has 0 bridgehead atoms. The Hall–Kier alpha value is -2.51. The second-order valence-electron chi connectivity index (χ2n) is 6.21. The molecular weight excluding hydrogens is 304 g/mol. The molecule has 7 nitrogen and oxygen atoms in total. The van der Waals surface area contributed by atoms with Crippen LogP contribution in [0.5, 0.6) is 0 Å². The molecule has 0 spiro atoms.